The number of ether oxygens (including phenoxy) is 2. The lowest BCUT2D eigenvalue weighted by Crippen LogP contribution is -2.21. The second-order valence-corrected chi connectivity index (χ2v) is 4.96. The van der Waals surface area contributed by atoms with Gasteiger partial charge >= 0.3 is 5.97 Å². The van der Waals surface area contributed by atoms with Crippen LogP contribution in [0.1, 0.15) is 41.1 Å². The number of carbonyl (C=O) groups is 1. The van der Waals surface area contributed by atoms with E-state index in [1.807, 2.05) is 31.2 Å². The van der Waals surface area contributed by atoms with Crippen molar-refractivity contribution in [2.45, 2.75) is 26.4 Å². The summed E-state index contributed by atoms with van der Waals surface area (Å²) in [6.45, 7) is 3.67. The Balaban J connectivity index is 2.22. The van der Waals surface area contributed by atoms with Gasteiger partial charge < -0.3 is 14.5 Å². The van der Waals surface area contributed by atoms with E-state index in [-0.39, 0.29) is 5.56 Å². The molecule has 116 valence electrons. The number of carbonyl (C=O) groups excluding carboxylic acids is 1. The molecule has 0 spiro atoms. The zero-order valence-corrected chi connectivity index (χ0v) is 12.9. The van der Waals surface area contributed by atoms with Gasteiger partial charge in [0.2, 0.25) is 0 Å². The van der Waals surface area contributed by atoms with Crippen LogP contribution in [0.3, 0.4) is 0 Å². The van der Waals surface area contributed by atoms with E-state index in [4.69, 9.17) is 9.47 Å². The molecule has 1 aromatic heterocycles. The van der Waals surface area contributed by atoms with Crippen molar-refractivity contribution in [2.24, 2.45) is 0 Å². The van der Waals surface area contributed by atoms with Crippen LogP contribution in [-0.2, 0) is 4.74 Å². The number of nitrogens with one attached hydrogen (secondary N) is 1. The topological polar surface area (TPSA) is 68.4 Å². The molecule has 22 heavy (non-hydrogen) atoms. The number of aromatic nitrogens is 1. The highest BCUT2D eigenvalue weighted by Crippen LogP contribution is 2.25. The Labute approximate surface area is 128 Å². The molecule has 2 aromatic rings. The van der Waals surface area contributed by atoms with Crippen molar-refractivity contribution in [1.29, 1.82) is 0 Å². The quantitative estimate of drug-likeness (QED) is 0.862. The molecule has 0 bridgehead atoms. The maximum absolute atomic E-state index is 12.2. The standard InChI is InChI=1S/C17H19NO4/c1-4-15(12-6-5-7-13(10-12)21-3)22-17(20)14-9-8-11(2)18-16(14)19/h5-10,15H,4H2,1-3H3,(H,18,19)/t15-/m1/s1. The third-order valence-corrected chi connectivity index (χ3v) is 3.36. The molecule has 0 radical (unpaired) electrons. The summed E-state index contributed by atoms with van der Waals surface area (Å²) < 4.78 is 10.7. The molecule has 0 amide bonds. The van der Waals surface area contributed by atoms with Gasteiger partial charge in [-0.3, -0.25) is 4.79 Å². The molecule has 0 aliphatic rings. The van der Waals surface area contributed by atoms with Crippen molar-refractivity contribution < 1.29 is 14.3 Å². The number of rotatable bonds is 5. The zero-order valence-electron chi connectivity index (χ0n) is 12.9. The van der Waals surface area contributed by atoms with Gasteiger partial charge in [0, 0.05) is 5.69 Å². The van der Waals surface area contributed by atoms with Crippen molar-refractivity contribution in [3.63, 3.8) is 0 Å². The number of hydrogen-bond acceptors (Lipinski definition) is 4. The first kappa shape index (κ1) is 15.8. The highest BCUT2D eigenvalue weighted by molar-refractivity contribution is 5.89. The lowest BCUT2D eigenvalue weighted by molar-refractivity contribution is 0.0285. The van der Waals surface area contributed by atoms with Gasteiger partial charge in [0.15, 0.2) is 0 Å². The Morgan fingerprint density at radius 3 is 2.68 bits per heavy atom. The molecule has 0 aliphatic heterocycles. The predicted molar refractivity (Wildman–Crippen MR) is 83.2 cm³/mol. The summed E-state index contributed by atoms with van der Waals surface area (Å²) in [5, 5.41) is 0. The van der Waals surface area contributed by atoms with Gasteiger partial charge in [0.05, 0.1) is 7.11 Å². The summed E-state index contributed by atoms with van der Waals surface area (Å²) in [6.07, 6.45) is 0.172. The van der Waals surface area contributed by atoms with E-state index in [1.165, 1.54) is 6.07 Å². The van der Waals surface area contributed by atoms with Crippen LogP contribution >= 0.6 is 0 Å². The molecule has 0 saturated carbocycles. The van der Waals surface area contributed by atoms with Crippen LogP contribution < -0.4 is 10.3 Å². The molecule has 1 N–H and O–H groups in total. The molecule has 0 saturated heterocycles. The molecule has 1 aromatic carbocycles. The van der Waals surface area contributed by atoms with Gasteiger partial charge in [0.25, 0.3) is 5.56 Å². The van der Waals surface area contributed by atoms with Crippen LogP contribution in [0.4, 0.5) is 0 Å². The molecule has 1 heterocycles. The fourth-order valence-corrected chi connectivity index (χ4v) is 2.15. The van der Waals surface area contributed by atoms with Crippen molar-refractivity contribution >= 4 is 5.97 Å². The number of methoxy groups -OCH3 is 1. The number of esters is 1. The highest BCUT2D eigenvalue weighted by Gasteiger charge is 2.19. The third-order valence-electron chi connectivity index (χ3n) is 3.36. The maximum Gasteiger partial charge on any atom is 0.344 e. The van der Waals surface area contributed by atoms with E-state index in [2.05, 4.69) is 4.98 Å². The fraction of sp³-hybridized carbons (Fsp3) is 0.294. The minimum atomic E-state index is -0.629. The summed E-state index contributed by atoms with van der Waals surface area (Å²) in [6, 6.07) is 10.5. The molecule has 1 atom stereocenters. The van der Waals surface area contributed by atoms with Gasteiger partial charge in [-0.25, -0.2) is 4.79 Å². The maximum atomic E-state index is 12.2. The number of benzene rings is 1. The Bertz CT molecular complexity index is 721. The van der Waals surface area contributed by atoms with Gasteiger partial charge in [-0.05, 0) is 43.2 Å². The van der Waals surface area contributed by atoms with Crippen LogP contribution in [-0.4, -0.2) is 18.1 Å². The van der Waals surface area contributed by atoms with Crippen molar-refractivity contribution in [2.75, 3.05) is 7.11 Å². The van der Waals surface area contributed by atoms with E-state index in [9.17, 15) is 9.59 Å². The van der Waals surface area contributed by atoms with Crippen LogP contribution in [0.15, 0.2) is 41.2 Å². The Hall–Kier alpha value is -2.56. The van der Waals surface area contributed by atoms with Crippen LogP contribution in [0.25, 0.3) is 0 Å². The molecule has 5 nitrogen and oxygen atoms in total. The van der Waals surface area contributed by atoms with Crippen LogP contribution in [0.5, 0.6) is 5.75 Å². The molecule has 0 aliphatic carbocycles. The zero-order chi connectivity index (χ0) is 16.1. The average molecular weight is 301 g/mol. The number of aryl methyl sites for hydroxylation is 1. The summed E-state index contributed by atoms with van der Waals surface area (Å²) in [5.74, 6) is 0.0658. The Morgan fingerprint density at radius 2 is 2.05 bits per heavy atom. The van der Waals surface area contributed by atoms with Crippen molar-refractivity contribution in [3.05, 3.63) is 63.6 Å². The van der Waals surface area contributed by atoms with E-state index >= 15 is 0 Å². The minimum absolute atomic E-state index is 0.00643. The second-order valence-electron chi connectivity index (χ2n) is 4.96. The summed E-state index contributed by atoms with van der Waals surface area (Å²) in [4.78, 5) is 26.6. The van der Waals surface area contributed by atoms with Gasteiger partial charge in [0.1, 0.15) is 17.4 Å². The van der Waals surface area contributed by atoms with E-state index < -0.39 is 17.6 Å². The molecule has 0 fully saturated rings. The van der Waals surface area contributed by atoms with Gasteiger partial charge in [-0.15, -0.1) is 0 Å². The summed E-state index contributed by atoms with van der Waals surface area (Å²) >= 11 is 0. The lowest BCUT2D eigenvalue weighted by atomic mass is 10.1. The molecular formula is C17H19NO4. The number of H-pyrrole nitrogens is 1. The van der Waals surface area contributed by atoms with E-state index in [0.717, 1.165) is 5.56 Å². The average Bonchev–Trinajstić information content (AvgIpc) is 2.52. The van der Waals surface area contributed by atoms with Crippen molar-refractivity contribution in [3.8, 4) is 5.75 Å². The first-order valence-corrected chi connectivity index (χ1v) is 7.10. The SMILES string of the molecule is CC[C@@H](OC(=O)c1ccc(C)[nH]c1=O)c1cccc(OC)c1. The minimum Gasteiger partial charge on any atom is -0.497 e. The lowest BCUT2D eigenvalue weighted by Gasteiger charge is -2.17. The molecule has 2 rings (SSSR count). The Morgan fingerprint density at radius 1 is 1.27 bits per heavy atom. The third kappa shape index (κ3) is 3.55. The van der Waals surface area contributed by atoms with Crippen molar-refractivity contribution in [1.82, 2.24) is 4.98 Å². The van der Waals surface area contributed by atoms with Crippen LogP contribution in [0, 0.1) is 6.92 Å². The number of pyridine rings is 1. The first-order chi connectivity index (χ1) is 10.5. The number of aromatic amines is 1. The summed E-state index contributed by atoms with van der Waals surface area (Å²) in [7, 11) is 1.58. The monoisotopic (exact) mass is 301 g/mol. The molecular weight excluding hydrogens is 282 g/mol. The largest absolute Gasteiger partial charge is 0.497 e. The van der Waals surface area contributed by atoms with Gasteiger partial charge in [-0.1, -0.05) is 19.1 Å². The molecule has 5 heteroatoms. The van der Waals surface area contributed by atoms with Gasteiger partial charge in [-0.2, -0.15) is 0 Å². The normalized spacial score (nSPS) is 11.8. The van der Waals surface area contributed by atoms with E-state index in [1.54, 1.807) is 20.1 Å². The van der Waals surface area contributed by atoms with Crippen LogP contribution in [0.2, 0.25) is 0 Å². The first-order valence-electron chi connectivity index (χ1n) is 7.10. The highest BCUT2D eigenvalue weighted by atomic mass is 16.5. The second kappa shape index (κ2) is 6.93. The smallest absolute Gasteiger partial charge is 0.344 e. The van der Waals surface area contributed by atoms with E-state index in [0.29, 0.717) is 17.9 Å². The number of hydrogen-bond donors (Lipinski definition) is 1. The Kier molecular flexibility index (Phi) is 4.99. The summed E-state index contributed by atoms with van der Waals surface area (Å²) in [5.41, 5.74) is 1.09. The fourth-order valence-electron chi connectivity index (χ4n) is 2.15. The molecule has 0 unspecified atom stereocenters. The predicted octanol–water partition coefficient (Wildman–Crippen LogP) is 3.00.